The van der Waals surface area contributed by atoms with E-state index in [2.05, 4.69) is 36.3 Å². The summed E-state index contributed by atoms with van der Waals surface area (Å²) in [5.74, 6) is 7.03. The second-order valence-corrected chi connectivity index (χ2v) is 4.48. The van der Waals surface area contributed by atoms with Crippen LogP contribution in [0.5, 0.6) is 17.2 Å². The molecule has 0 aliphatic carbocycles. The SMILES string of the molecule is C#CCOc1cc(C(=O)OC)cc(OCC#C)c1OCC#C.CCC. The lowest BCUT2D eigenvalue weighted by Crippen LogP contribution is -2.08. The van der Waals surface area contributed by atoms with E-state index in [1.165, 1.54) is 25.7 Å². The first kappa shape index (κ1) is 21.8. The average Bonchev–Trinajstić information content (AvgIpc) is 2.63. The molecule has 0 unspecified atom stereocenters. The Labute approximate surface area is 149 Å². The van der Waals surface area contributed by atoms with Gasteiger partial charge in [-0.3, -0.25) is 0 Å². The van der Waals surface area contributed by atoms with Crippen molar-refractivity contribution in [1.82, 2.24) is 0 Å². The van der Waals surface area contributed by atoms with E-state index < -0.39 is 5.97 Å². The number of rotatable bonds is 7. The maximum atomic E-state index is 11.7. The molecule has 1 rings (SSSR count). The van der Waals surface area contributed by atoms with Gasteiger partial charge in [-0.1, -0.05) is 38.0 Å². The Morgan fingerprint density at radius 3 is 1.68 bits per heavy atom. The number of hydrogen-bond acceptors (Lipinski definition) is 5. The smallest absolute Gasteiger partial charge is 0.338 e. The van der Waals surface area contributed by atoms with Crippen molar-refractivity contribution in [3.05, 3.63) is 17.7 Å². The monoisotopic (exact) mass is 342 g/mol. The molecule has 1 aromatic rings. The fourth-order valence-corrected chi connectivity index (χ4v) is 1.52. The molecule has 0 heterocycles. The third-order valence-corrected chi connectivity index (χ3v) is 2.36. The van der Waals surface area contributed by atoms with Gasteiger partial charge in [0.25, 0.3) is 0 Å². The summed E-state index contributed by atoms with van der Waals surface area (Å²) in [7, 11) is 1.26. The van der Waals surface area contributed by atoms with Gasteiger partial charge in [0.1, 0.15) is 19.8 Å². The van der Waals surface area contributed by atoms with E-state index in [0.29, 0.717) is 0 Å². The van der Waals surface area contributed by atoms with Crippen LogP contribution in [0.2, 0.25) is 0 Å². The van der Waals surface area contributed by atoms with Crippen molar-refractivity contribution in [3.63, 3.8) is 0 Å². The first-order valence-corrected chi connectivity index (χ1v) is 7.54. The summed E-state index contributed by atoms with van der Waals surface area (Å²) in [4.78, 5) is 11.7. The Balaban J connectivity index is 0.00000178. The predicted molar refractivity (Wildman–Crippen MR) is 96.7 cm³/mol. The predicted octanol–water partition coefficient (Wildman–Crippen LogP) is 2.93. The van der Waals surface area contributed by atoms with Crippen LogP contribution in [0, 0.1) is 37.0 Å². The second kappa shape index (κ2) is 13.2. The maximum Gasteiger partial charge on any atom is 0.338 e. The first-order valence-electron chi connectivity index (χ1n) is 7.54. The van der Waals surface area contributed by atoms with Gasteiger partial charge >= 0.3 is 5.97 Å². The third-order valence-electron chi connectivity index (χ3n) is 2.36. The zero-order valence-electron chi connectivity index (χ0n) is 14.8. The lowest BCUT2D eigenvalue weighted by molar-refractivity contribution is 0.0599. The van der Waals surface area contributed by atoms with Crippen LogP contribution in [0.3, 0.4) is 0 Å². The summed E-state index contributed by atoms with van der Waals surface area (Å²) >= 11 is 0. The van der Waals surface area contributed by atoms with E-state index >= 15 is 0 Å². The lowest BCUT2D eigenvalue weighted by Gasteiger charge is -2.15. The number of esters is 1. The van der Waals surface area contributed by atoms with E-state index in [9.17, 15) is 4.79 Å². The van der Waals surface area contributed by atoms with Gasteiger partial charge in [0, 0.05) is 0 Å². The van der Waals surface area contributed by atoms with E-state index in [1.54, 1.807) is 0 Å². The molecule has 0 radical (unpaired) electrons. The van der Waals surface area contributed by atoms with E-state index in [-0.39, 0.29) is 42.6 Å². The van der Waals surface area contributed by atoms with Gasteiger partial charge in [0.15, 0.2) is 11.5 Å². The summed E-state index contributed by atoms with van der Waals surface area (Å²) in [6.07, 6.45) is 16.8. The maximum absolute atomic E-state index is 11.7. The fourth-order valence-electron chi connectivity index (χ4n) is 1.52. The number of ether oxygens (including phenoxy) is 4. The molecule has 0 amide bonds. The quantitative estimate of drug-likeness (QED) is 0.563. The fraction of sp³-hybridized carbons (Fsp3) is 0.350. The summed E-state index contributed by atoms with van der Waals surface area (Å²) in [6, 6.07) is 2.86. The Morgan fingerprint density at radius 1 is 0.920 bits per heavy atom. The van der Waals surface area contributed by atoms with Crippen LogP contribution in [-0.4, -0.2) is 32.9 Å². The van der Waals surface area contributed by atoms with Gasteiger partial charge in [-0.25, -0.2) is 4.79 Å². The highest BCUT2D eigenvalue weighted by molar-refractivity contribution is 5.91. The van der Waals surface area contributed by atoms with Crippen molar-refractivity contribution in [2.24, 2.45) is 0 Å². The number of benzene rings is 1. The largest absolute Gasteiger partial charge is 0.477 e. The highest BCUT2D eigenvalue weighted by Gasteiger charge is 2.19. The molecule has 25 heavy (non-hydrogen) atoms. The molecule has 5 heteroatoms. The van der Waals surface area contributed by atoms with Crippen LogP contribution >= 0.6 is 0 Å². The lowest BCUT2D eigenvalue weighted by atomic mass is 10.2. The van der Waals surface area contributed by atoms with Gasteiger partial charge in [0.2, 0.25) is 5.75 Å². The van der Waals surface area contributed by atoms with Crippen LogP contribution in [0.1, 0.15) is 30.6 Å². The van der Waals surface area contributed by atoms with Crippen LogP contribution in [-0.2, 0) is 4.74 Å². The topological polar surface area (TPSA) is 54.0 Å². The minimum absolute atomic E-state index is 0.0175. The van der Waals surface area contributed by atoms with E-state index in [0.717, 1.165) is 0 Å². The van der Waals surface area contributed by atoms with Gasteiger partial charge in [-0.05, 0) is 12.1 Å². The Hall–Kier alpha value is -3.23. The number of carbonyl (C=O) groups excluding carboxylic acids is 1. The molecule has 5 nitrogen and oxygen atoms in total. The molecule has 0 atom stereocenters. The third kappa shape index (κ3) is 7.73. The van der Waals surface area contributed by atoms with Crippen LogP contribution < -0.4 is 14.2 Å². The Bertz CT molecular complexity index is 632. The zero-order chi connectivity index (χ0) is 19.1. The molecule has 1 aromatic carbocycles. The summed E-state index contributed by atoms with van der Waals surface area (Å²) in [6.45, 7) is 4.19. The van der Waals surface area contributed by atoms with Crippen LogP contribution in [0.15, 0.2) is 12.1 Å². The Morgan fingerprint density at radius 2 is 1.32 bits per heavy atom. The van der Waals surface area contributed by atoms with Crippen molar-refractivity contribution in [1.29, 1.82) is 0 Å². The van der Waals surface area contributed by atoms with Gasteiger partial charge in [-0.2, -0.15) is 0 Å². The highest BCUT2D eigenvalue weighted by Crippen LogP contribution is 2.39. The molecular weight excluding hydrogens is 320 g/mol. The van der Waals surface area contributed by atoms with Gasteiger partial charge < -0.3 is 18.9 Å². The molecule has 0 fully saturated rings. The van der Waals surface area contributed by atoms with Crippen LogP contribution in [0.25, 0.3) is 0 Å². The number of terminal acetylenes is 3. The molecule has 0 saturated carbocycles. The van der Waals surface area contributed by atoms with E-state index in [1.807, 2.05) is 0 Å². The molecule has 0 aromatic heterocycles. The molecule has 0 N–H and O–H groups in total. The van der Waals surface area contributed by atoms with Crippen LogP contribution in [0.4, 0.5) is 0 Å². The summed E-state index contributed by atoms with van der Waals surface area (Å²) in [5.41, 5.74) is 0.203. The minimum Gasteiger partial charge on any atom is -0.477 e. The average molecular weight is 342 g/mol. The molecule has 132 valence electrons. The number of carbonyl (C=O) groups is 1. The van der Waals surface area contributed by atoms with Gasteiger partial charge in [0.05, 0.1) is 12.7 Å². The molecule has 0 aliphatic heterocycles. The molecule has 0 aliphatic rings. The standard InChI is InChI=1S/C17H14O5.C3H8/c1-5-8-20-14-11-13(17(18)19-4)12-15(21-9-6-2)16(14)22-10-7-3;1-3-2/h1-3,11-12H,8-10H2,4H3;3H2,1-2H3. The van der Waals surface area contributed by atoms with E-state index in [4.69, 9.17) is 33.5 Å². The van der Waals surface area contributed by atoms with Crippen molar-refractivity contribution in [2.45, 2.75) is 20.3 Å². The van der Waals surface area contributed by atoms with Gasteiger partial charge in [-0.15, -0.1) is 19.3 Å². The zero-order valence-corrected chi connectivity index (χ0v) is 14.8. The highest BCUT2D eigenvalue weighted by atomic mass is 16.5. The Kier molecular flexibility index (Phi) is 11.5. The van der Waals surface area contributed by atoms with Crippen molar-refractivity contribution in [3.8, 4) is 54.3 Å². The normalized spacial score (nSPS) is 8.48. The van der Waals surface area contributed by atoms with Crippen molar-refractivity contribution < 1.29 is 23.7 Å². The molecule has 0 bridgehead atoms. The second-order valence-electron chi connectivity index (χ2n) is 4.48. The molecular formula is C20H22O5. The number of hydrogen-bond donors (Lipinski definition) is 0. The minimum atomic E-state index is -0.570. The summed E-state index contributed by atoms with van der Waals surface area (Å²) < 4.78 is 20.8. The molecule has 0 saturated heterocycles. The van der Waals surface area contributed by atoms with Crippen molar-refractivity contribution >= 4 is 5.97 Å². The molecule has 0 spiro atoms. The van der Waals surface area contributed by atoms with Crippen molar-refractivity contribution in [2.75, 3.05) is 26.9 Å². The first-order chi connectivity index (χ1) is 12.1. The number of methoxy groups -OCH3 is 1. The summed E-state index contributed by atoms with van der Waals surface area (Å²) in [5, 5.41) is 0.